The summed E-state index contributed by atoms with van der Waals surface area (Å²) in [6.45, 7) is 9.36. The molecule has 2 N–H and O–H groups in total. The van der Waals surface area contributed by atoms with E-state index in [1.165, 1.54) is 0 Å². The molecule has 0 aliphatic heterocycles. The maximum Gasteiger partial charge on any atom is 0.141 e. The number of nitrogens with two attached hydrogens (primary N) is 1. The van der Waals surface area contributed by atoms with Crippen molar-refractivity contribution < 1.29 is 4.52 Å². The molecule has 1 rings (SSSR count). The summed E-state index contributed by atoms with van der Waals surface area (Å²) in [5, 5.41) is 3.86. The van der Waals surface area contributed by atoms with Gasteiger partial charge in [-0.3, -0.25) is 0 Å². The van der Waals surface area contributed by atoms with E-state index in [1.807, 2.05) is 26.8 Å². The van der Waals surface area contributed by atoms with Crippen molar-refractivity contribution in [2.24, 2.45) is 5.73 Å². The van der Waals surface area contributed by atoms with Crippen LogP contribution < -0.4 is 5.73 Å². The summed E-state index contributed by atoms with van der Waals surface area (Å²) in [6.07, 6.45) is 1.81. The SMILES string of the molecule is C=C(N)/C=C(\C)c1c(C)noc1C. The van der Waals surface area contributed by atoms with Gasteiger partial charge in [-0.2, -0.15) is 0 Å². The molecular formula is C10H14N2O. The lowest BCUT2D eigenvalue weighted by molar-refractivity contribution is 0.393. The number of rotatable bonds is 2. The highest BCUT2D eigenvalue weighted by Gasteiger charge is 2.09. The van der Waals surface area contributed by atoms with Crippen LogP contribution in [0.25, 0.3) is 5.57 Å². The zero-order chi connectivity index (χ0) is 10.0. The predicted molar refractivity (Wildman–Crippen MR) is 53.0 cm³/mol. The molecule has 0 fully saturated rings. The Morgan fingerprint density at radius 3 is 2.54 bits per heavy atom. The lowest BCUT2D eigenvalue weighted by Gasteiger charge is -1.99. The fourth-order valence-corrected chi connectivity index (χ4v) is 1.40. The first kappa shape index (κ1) is 9.58. The smallest absolute Gasteiger partial charge is 0.141 e. The highest BCUT2D eigenvalue weighted by Crippen LogP contribution is 2.22. The van der Waals surface area contributed by atoms with E-state index < -0.39 is 0 Å². The molecule has 0 bridgehead atoms. The van der Waals surface area contributed by atoms with Crippen LogP contribution in [-0.2, 0) is 0 Å². The number of nitrogens with zero attached hydrogens (tertiary/aromatic N) is 1. The monoisotopic (exact) mass is 178 g/mol. The van der Waals surface area contributed by atoms with Gasteiger partial charge < -0.3 is 10.3 Å². The largest absolute Gasteiger partial charge is 0.399 e. The highest BCUT2D eigenvalue weighted by atomic mass is 16.5. The van der Waals surface area contributed by atoms with Gasteiger partial charge in [0.15, 0.2) is 0 Å². The predicted octanol–water partition coefficient (Wildman–Crippen LogP) is 2.17. The lowest BCUT2D eigenvalue weighted by atomic mass is 10.1. The Kier molecular flexibility index (Phi) is 2.56. The molecule has 0 saturated carbocycles. The molecule has 0 aromatic carbocycles. The van der Waals surface area contributed by atoms with Gasteiger partial charge in [0.25, 0.3) is 0 Å². The van der Waals surface area contributed by atoms with Crippen LogP contribution in [0.3, 0.4) is 0 Å². The van der Waals surface area contributed by atoms with E-state index in [0.717, 1.165) is 22.6 Å². The van der Waals surface area contributed by atoms with Crippen LogP contribution in [0.4, 0.5) is 0 Å². The highest BCUT2D eigenvalue weighted by molar-refractivity contribution is 5.68. The van der Waals surface area contributed by atoms with Gasteiger partial charge in [0.2, 0.25) is 0 Å². The number of aromatic nitrogens is 1. The van der Waals surface area contributed by atoms with E-state index in [1.54, 1.807) is 0 Å². The number of allylic oxidation sites excluding steroid dienone is 2. The molecular weight excluding hydrogens is 164 g/mol. The molecule has 13 heavy (non-hydrogen) atoms. The summed E-state index contributed by atoms with van der Waals surface area (Å²) in [5.74, 6) is 0.813. The fourth-order valence-electron chi connectivity index (χ4n) is 1.40. The molecule has 0 spiro atoms. The first-order valence-electron chi connectivity index (χ1n) is 4.08. The Labute approximate surface area is 77.9 Å². The van der Waals surface area contributed by atoms with Crippen LogP contribution in [0.2, 0.25) is 0 Å². The zero-order valence-corrected chi connectivity index (χ0v) is 8.22. The summed E-state index contributed by atoms with van der Waals surface area (Å²) in [5.41, 5.74) is 8.95. The summed E-state index contributed by atoms with van der Waals surface area (Å²) < 4.78 is 5.04. The molecule has 1 heterocycles. The molecule has 3 heteroatoms. The number of aryl methyl sites for hydroxylation is 2. The van der Waals surface area contributed by atoms with Gasteiger partial charge >= 0.3 is 0 Å². The van der Waals surface area contributed by atoms with Crippen LogP contribution in [0.5, 0.6) is 0 Å². The van der Waals surface area contributed by atoms with Crippen molar-refractivity contribution in [3.63, 3.8) is 0 Å². The molecule has 1 aromatic rings. The van der Waals surface area contributed by atoms with Gasteiger partial charge in [-0.05, 0) is 32.4 Å². The van der Waals surface area contributed by atoms with Crippen LogP contribution >= 0.6 is 0 Å². The van der Waals surface area contributed by atoms with Crippen LogP contribution in [-0.4, -0.2) is 5.16 Å². The Hall–Kier alpha value is -1.51. The summed E-state index contributed by atoms with van der Waals surface area (Å²) in [6, 6.07) is 0. The zero-order valence-electron chi connectivity index (χ0n) is 8.22. The van der Waals surface area contributed by atoms with Crippen LogP contribution in [0, 0.1) is 13.8 Å². The molecule has 70 valence electrons. The molecule has 1 aromatic heterocycles. The molecule has 0 amide bonds. The number of hydrogen-bond donors (Lipinski definition) is 1. The van der Waals surface area contributed by atoms with Gasteiger partial charge in [-0.15, -0.1) is 0 Å². The maximum atomic E-state index is 5.48. The Morgan fingerprint density at radius 1 is 1.54 bits per heavy atom. The minimum Gasteiger partial charge on any atom is -0.399 e. The molecule has 0 aliphatic carbocycles. The standard InChI is InChI=1S/C10H14N2O/c1-6(5-7(2)11)10-8(3)12-13-9(10)4/h5H,2,11H2,1,3-4H3/b6-5+. The minimum atomic E-state index is 0.539. The molecule has 3 nitrogen and oxygen atoms in total. The Bertz CT molecular complexity index is 342. The van der Waals surface area contributed by atoms with Gasteiger partial charge in [0.1, 0.15) is 5.76 Å². The third kappa shape index (κ3) is 1.99. The van der Waals surface area contributed by atoms with Crippen molar-refractivity contribution in [2.75, 3.05) is 0 Å². The summed E-state index contributed by atoms with van der Waals surface area (Å²) in [7, 11) is 0. The number of hydrogen-bond acceptors (Lipinski definition) is 3. The molecule has 0 aliphatic rings. The Balaban J connectivity index is 3.14. The third-order valence-corrected chi connectivity index (χ3v) is 1.83. The second kappa shape index (κ2) is 3.47. The second-order valence-corrected chi connectivity index (χ2v) is 3.10. The van der Waals surface area contributed by atoms with E-state index >= 15 is 0 Å². The summed E-state index contributed by atoms with van der Waals surface area (Å²) in [4.78, 5) is 0. The minimum absolute atomic E-state index is 0.539. The second-order valence-electron chi connectivity index (χ2n) is 3.10. The van der Waals surface area contributed by atoms with Gasteiger partial charge in [0.05, 0.1) is 5.69 Å². The van der Waals surface area contributed by atoms with Crippen molar-refractivity contribution in [1.82, 2.24) is 5.16 Å². The van der Waals surface area contributed by atoms with Crippen molar-refractivity contribution in [2.45, 2.75) is 20.8 Å². The van der Waals surface area contributed by atoms with Crippen molar-refractivity contribution >= 4 is 5.57 Å². The van der Waals surface area contributed by atoms with E-state index in [9.17, 15) is 0 Å². The fraction of sp³-hybridized carbons (Fsp3) is 0.300. The van der Waals surface area contributed by atoms with E-state index in [2.05, 4.69) is 11.7 Å². The quantitative estimate of drug-likeness (QED) is 0.706. The topological polar surface area (TPSA) is 52.0 Å². The van der Waals surface area contributed by atoms with E-state index in [4.69, 9.17) is 10.3 Å². The van der Waals surface area contributed by atoms with Crippen LogP contribution in [0.15, 0.2) is 22.9 Å². The van der Waals surface area contributed by atoms with Crippen molar-refractivity contribution in [1.29, 1.82) is 0 Å². The first-order valence-corrected chi connectivity index (χ1v) is 4.08. The third-order valence-electron chi connectivity index (χ3n) is 1.83. The first-order chi connectivity index (χ1) is 6.02. The van der Waals surface area contributed by atoms with E-state index in [-0.39, 0.29) is 0 Å². The lowest BCUT2D eigenvalue weighted by Crippen LogP contribution is -1.92. The average molecular weight is 178 g/mol. The molecule has 0 unspecified atom stereocenters. The van der Waals surface area contributed by atoms with Crippen molar-refractivity contribution in [3.8, 4) is 0 Å². The normalized spacial score (nSPS) is 11.8. The van der Waals surface area contributed by atoms with Crippen LogP contribution in [0.1, 0.15) is 23.9 Å². The van der Waals surface area contributed by atoms with Gasteiger partial charge in [0, 0.05) is 11.3 Å². The average Bonchev–Trinajstić information content (AvgIpc) is 2.29. The van der Waals surface area contributed by atoms with Gasteiger partial charge in [-0.25, -0.2) is 0 Å². The van der Waals surface area contributed by atoms with E-state index in [0.29, 0.717) is 5.70 Å². The molecule has 0 saturated heterocycles. The summed E-state index contributed by atoms with van der Waals surface area (Å²) >= 11 is 0. The van der Waals surface area contributed by atoms with Crippen molar-refractivity contribution in [3.05, 3.63) is 35.4 Å². The maximum absolute atomic E-state index is 5.48. The molecule has 0 radical (unpaired) electrons. The Morgan fingerprint density at radius 2 is 2.15 bits per heavy atom. The van der Waals surface area contributed by atoms with Gasteiger partial charge in [-0.1, -0.05) is 11.7 Å². The molecule has 0 atom stereocenters.